The number of hydrogen-bond acceptors (Lipinski definition) is 3. The van der Waals surface area contributed by atoms with Crippen LogP contribution in [0.2, 0.25) is 5.02 Å². The van der Waals surface area contributed by atoms with Crippen LogP contribution in [0.3, 0.4) is 0 Å². The van der Waals surface area contributed by atoms with Gasteiger partial charge >= 0.3 is 0 Å². The van der Waals surface area contributed by atoms with E-state index in [-0.39, 0.29) is 6.10 Å². The van der Waals surface area contributed by atoms with Gasteiger partial charge in [-0.05, 0) is 32.0 Å². The normalized spacial score (nSPS) is 10.7. The topological polar surface area (TPSA) is 39.9 Å². The van der Waals surface area contributed by atoms with Crippen LogP contribution in [0.15, 0.2) is 31.1 Å². The van der Waals surface area contributed by atoms with Gasteiger partial charge in [-0.3, -0.25) is 0 Å². The van der Waals surface area contributed by atoms with E-state index in [4.69, 9.17) is 16.3 Å². The highest BCUT2D eigenvalue weighted by Crippen LogP contribution is 2.27. The van der Waals surface area contributed by atoms with Crippen LogP contribution in [0.4, 0.5) is 0 Å². The molecule has 0 fully saturated rings. The molecule has 2 aromatic rings. The van der Waals surface area contributed by atoms with Crippen LogP contribution in [0.25, 0.3) is 17.6 Å². The van der Waals surface area contributed by atoms with Gasteiger partial charge in [0.05, 0.1) is 6.10 Å². The van der Waals surface area contributed by atoms with E-state index in [0.29, 0.717) is 16.6 Å². The van der Waals surface area contributed by atoms with Gasteiger partial charge in [-0.15, -0.1) is 5.10 Å². The van der Waals surface area contributed by atoms with Crippen LogP contribution in [0, 0.1) is 0 Å². The number of hydrogen-bond donors (Lipinski definition) is 0. The van der Waals surface area contributed by atoms with Crippen LogP contribution in [-0.2, 0) is 0 Å². The average molecular weight is 264 g/mol. The fraction of sp³-hybridized carbons (Fsp3) is 0.231. The van der Waals surface area contributed by atoms with Crippen molar-refractivity contribution in [1.29, 1.82) is 0 Å². The maximum absolute atomic E-state index is 6.06. The Morgan fingerprint density at radius 3 is 2.78 bits per heavy atom. The van der Waals surface area contributed by atoms with Crippen molar-refractivity contribution < 1.29 is 4.74 Å². The van der Waals surface area contributed by atoms with Gasteiger partial charge in [0.2, 0.25) is 0 Å². The fourth-order valence-corrected chi connectivity index (χ4v) is 1.75. The summed E-state index contributed by atoms with van der Waals surface area (Å²) in [6.07, 6.45) is 3.26. The zero-order valence-corrected chi connectivity index (χ0v) is 11.1. The number of nitrogens with zero attached hydrogens (tertiary/aromatic N) is 3. The van der Waals surface area contributed by atoms with Crippen molar-refractivity contribution in [2.24, 2.45) is 0 Å². The van der Waals surface area contributed by atoms with E-state index in [1.807, 2.05) is 19.9 Å². The number of benzene rings is 1. The quantitative estimate of drug-likeness (QED) is 0.848. The van der Waals surface area contributed by atoms with Crippen molar-refractivity contribution in [3.05, 3.63) is 36.1 Å². The molecule has 18 heavy (non-hydrogen) atoms. The first-order chi connectivity index (χ1) is 8.58. The monoisotopic (exact) mass is 263 g/mol. The molecule has 0 unspecified atom stereocenters. The summed E-state index contributed by atoms with van der Waals surface area (Å²) in [5, 5.41) is 4.83. The lowest BCUT2D eigenvalue weighted by Crippen LogP contribution is -2.05. The minimum absolute atomic E-state index is 0.0926. The molecule has 1 heterocycles. The van der Waals surface area contributed by atoms with E-state index in [0.717, 1.165) is 5.56 Å². The van der Waals surface area contributed by atoms with Gasteiger partial charge in [-0.25, -0.2) is 9.67 Å². The fourth-order valence-electron chi connectivity index (χ4n) is 1.53. The second-order valence-corrected chi connectivity index (χ2v) is 4.51. The molecule has 0 N–H and O–H groups in total. The Kier molecular flexibility index (Phi) is 3.67. The van der Waals surface area contributed by atoms with Crippen molar-refractivity contribution >= 4 is 17.8 Å². The molecule has 5 heteroatoms. The van der Waals surface area contributed by atoms with Gasteiger partial charge < -0.3 is 4.74 Å². The predicted molar refractivity (Wildman–Crippen MR) is 72.6 cm³/mol. The third-order valence-electron chi connectivity index (χ3n) is 2.20. The highest BCUT2D eigenvalue weighted by atomic mass is 35.5. The second kappa shape index (κ2) is 5.23. The van der Waals surface area contributed by atoms with E-state index in [9.17, 15) is 0 Å². The molecule has 0 aliphatic heterocycles. The van der Waals surface area contributed by atoms with E-state index in [2.05, 4.69) is 16.7 Å². The first kappa shape index (κ1) is 12.6. The maximum Gasteiger partial charge on any atom is 0.181 e. The Balaban J connectivity index is 2.37. The molecule has 1 aromatic carbocycles. The lowest BCUT2D eigenvalue weighted by atomic mass is 10.2. The van der Waals surface area contributed by atoms with Crippen molar-refractivity contribution in [3.8, 4) is 17.1 Å². The van der Waals surface area contributed by atoms with E-state index >= 15 is 0 Å². The lowest BCUT2D eigenvalue weighted by molar-refractivity contribution is 0.242. The Labute approximate surface area is 111 Å². The average Bonchev–Trinajstić information content (AvgIpc) is 2.75. The minimum Gasteiger partial charge on any atom is -0.491 e. The van der Waals surface area contributed by atoms with Gasteiger partial charge in [0.1, 0.15) is 12.1 Å². The highest BCUT2D eigenvalue weighted by Gasteiger charge is 2.08. The molecule has 0 aliphatic carbocycles. The largest absolute Gasteiger partial charge is 0.491 e. The Morgan fingerprint density at radius 1 is 1.39 bits per heavy atom. The van der Waals surface area contributed by atoms with Gasteiger partial charge in [0, 0.05) is 16.8 Å². The second-order valence-electron chi connectivity index (χ2n) is 4.07. The van der Waals surface area contributed by atoms with Crippen molar-refractivity contribution in [3.63, 3.8) is 0 Å². The standard InChI is InChI=1S/C13H14ClN3O/c1-4-17-8-15-13(16-17)10-5-11(14)7-12(6-10)18-9(2)3/h4-9H,1H2,2-3H3. The number of rotatable bonds is 4. The molecule has 0 atom stereocenters. The molecule has 0 radical (unpaired) electrons. The zero-order valence-electron chi connectivity index (χ0n) is 10.3. The molecule has 4 nitrogen and oxygen atoms in total. The smallest absolute Gasteiger partial charge is 0.181 e. The summed E-state index contributed by atoms with van der Waals surface area (Å²) in [5.74, 6) is 1.30. The van der Waals surface area contributed by atoms with Crippen molar-refractivity contribution in [2.75, 3.05) is 0 Å². The Morgan fingerprint density at radius 2 is 2.17 bits per heavy atom. The van der Waals surface area contributed by atoms with Crippen molar-refractivity contribution in [1.82, 2.24) is 14.8 Å². The molecule has 0 amide bonds. The van der Waals surface area contributed by atoms with E-state index in [1.165, 1.54) is 0 Å². The number of halogens is 1. The molecular formula is C13H14ClN3O. The first-order valence-corrected chi connectivity index (χ1v) is 5.97. The van der Waals surface area contributed by atoms with Gasteiger partial charge in [0.15, 0.2) is 5.82 Å². The van der Waals surface area contributed by atoms with Crippen LogP contribution < -0.4 is 4.74 Å². The summed E-state index contributed by atoms with van der Waals surface area (Å²) in [6, 6.07) is 5.45. The van der Waals surface area contributed by atoms with Crippen LogP contribution in [-0.4, -0.2) is 20.9 Å². The molecule has 2 rings (SSSR count). The third-order valence-corrected chi connectivity index (χ3v) is 2.42. The number of ether oxygens (including phenoxy) is 1. The van der Waals surface area contributed by atoms with Gasteiger partial charge in [-0.1, -0.05) is 18.2 Å². The molecule has 1 aromatic heterocycles. The molecule has 0 aliphatic rings. The molecular weight excluding hydrogens is 250 g/mol. The van der Waals surface area contributed by atoms with Gasteiger partial charge in [0.25, 0.3) is 0 Å². The SMILES string of the molecule is C=Cn1cnc(-c2cc(Cl)cc(OC(C)C)c2)n1. The summed E-state index contributed by atoms with van der Waals surface area (Å²) >= 11 is 6.06. The molecule has 0 saturated heterocycles. The third kappa shape index (κ3) is 2.90. The van der Waals surface area contributed by atoms with Crippen LogP contribution in [0.1, 0.15) is 13.8 Å². The number of aromatic nitrogens is 3. The van der Waals surface area contributed by atoms with Crippen LogP contribution in [0.5, 0.6) is 5.75 Å². The molecule has 0 bridgehead atoms. The summed E-state index contributed by atoms with van der Waals surface area (Å²) < 4.78 is 7.16. The Bertz CT molecular complexity index is 563. The summed E-state index contributed by atoms with van der Waals surface area (Å²) in [7, 11) is 0. The molecule has 0 saturated carbocycles. The first-order valence-electron chi connectivity index (χ1n) is 5.60. The van der Waals surface area contributed by atoms with Crippen molar-refractivity contribution in [2.45, 2.75) is 20.0 Å². The minimum atomic E-state index is 0.0926. The molecule has 0 spiro atoms. The zero-order chi connectivity index (χ0) is 13.1. The summed E-state index contributed by atoms with van der Waals surface area (Å²) in [6.45, 7) is 7.55. The lowest BCUT2D eigenvalue weighted by Gasteiger charge is -2.10. The predicted octanol–water partition coefficient (Wildman–Crippen LogP) is 3.49. The molecule has 94 valence electrons. The highest BCUT2D eigenvalue weighted by molar-refractivity contribution is 6.31. The van der Waals surface area contributed by atoms with Gasteiger partial charge in [-0.2, -0.15) is 0 Å². The van der Waals surface area contributed by atoms with E-state index < -0.39 is 0 Å². The summed E-state index contributed by atoms with van der Waals surface area (Å²) in [4.78, 5) is 4.19. The van der Waals surface area contributed by atoms with Crippen LogP contribution >= 0.6 is 11.6 Å². The maximum atomic E-state index is 6.06. The summed E-state index contributed by atoms with van der Waals surface area (Å²) in [5.41, 5.74) is 0.818. The van der Waals surface area contributed by atoms with E-state index in [1.54, 1.807) is 29.3 Å². The Hall–Kier alpha value is -1.81.